The molecule has 0 aliphatic rings. The summed E-state index contributed by atoms with van der Waals surface area (Å²) in [7, 11) is 1.44. The van der Waals surface area contributed by atoms with Gasteiger partial charge < -0.3 is 19.4 Å². The highest BCUT2D eigenvalue weighted by molar-refractivity contribution is 5.92. The lowest BCUT2D eigenvalue weighted by molar-refractivity contribution is -0.116. The lowest BCUT2D eigenvalue weighted by Crippen LogP contribution is -2.31. The predicted octanol–water partition coefficient (Wildman–Crippen LogP) is 2.41. The number of nitrogens with one attached hydrogen (secondary N) is 1. The van der Waals surface area contributed by atoms with Crippen LogP contribution >= 0.6 is 0 Å². The van der Waals surface area contributed by atoms with Gasteiger partial charge in [-0.25, -0.2) is 0 Å². The summed E-state index contributed by atoms with van der Waals surface area (Å²) in [6, 6.07) is 9.11. The van der Waals surface area contributed by atoms with E-state index in [0.717, 1.165) is 4.57 Å². The molecule has 0 saturated heterocycles. The van der Waals surface area contributed by atoms with E-state index < -0.39 is 24.6 Å². The van der Waals surface area contributed by atoms with Crippen LogP contribution in [0.2, 0.25) is 0 Å². The number of rotatable bonds is 7. The van der Waals surface area contributed by atoms with Gasteiger partial charge in [0.15, 0.2) is 0 Å². The molecule has 9 heteroatoms. The van der Waals surface area contributed by atoms with E-state index in [0.29, 0.717) is 11.3 Å². The van der Waals surface area contributed by atoms with Gasteiger partial charge in [0.2, 0.25) is 5.91 Å². The van der Waals surface area contributed by atoms with Crippen LogP contribution in [0.3, 0.4) is 0 Å². The minimum atomic E-state index is -3.04. The Morgan fingerprint density at radius 1 is 1.37 bits per heavy atom. The standard InChI is InChI=1S/C18H17F2N3O4/c1-11-7-12(10-26-2)13(8-21)17(25)23(11)9-16(24)22-14-5-3-4-6-15(14)27-18(19)20/h3-7,18H,9-10H2,1-2H3,(H,22,24). The maximum atomic E-state index is 12.5. The summed E-state index contributed by atoms with van der Waals surface area (Å²) in [4.78, 5) is 24.8. The number of hydrogen-bond acceptors (Lipinski definition) is 5. The number of aryl methyl sites for hydroxylation is 1. The van der Waals surface area contributed by atoms with Gasteiger partial charge in [0.1, 0.15) is 23.9 Å². The largest absolute Gasteiger partial charge is 0.433 e. The lowest BCUT2D eigenvalue weighted by Gasteiger charge is -2.15. The Morgan fingerprint density at radius 2 is 2.07 bits per heavy atom. The van der Waals surface area contributed by atoms with Crippen molar-refractivity contribution in [2.24, 2.45) is 0 Å². The van der Waals surface area contributed by atoms with Crippen LogP contribution < -0.4 is 15.6 Å². The maximum Gasteiger partial charge on any atom is 0.387 e. The Kier molecular flexibility index (Phi) is 6.62. The minimum absolute atomic E-state index is 0.0463. The molecule has 1 heterocycles. The second-order valence-corrected chi connectivity index (χ2v) is 5.54. The van der Waals surface area contributed by atoms with Crippen molar-refractivity contribution in [2.45, 2.75) is 26.7 Å². The van der Waals surface area contributed by atoms with E-state index in [2.05, 4.69) is 10.1 Å². The van der Waals surface area contributed by atoms with Crippen LogP contribution in [0.5, 0.6) is 5.75 Å². The number of benzene rings is 1. The topological polar surface area (TPSA) is 93.3 Å². The van der Waals surface area contributed by atoms with Crippen molar-refractivity contribution in [3.63, 3.8) is 0 Å². The summed E-state index contributed by atoms with van der Waals surface area (Å²) < 4.78 is 35.4. The molecule has 0 bridgehead atoms. The highest BCUT2D eigenvalue weighted by Crippen LogP contribution is 2.25. The molecule has 0 aliphatic heterocycles. The van der Waals surface area contributed by atoms with Crippen LogP contribution in [0.4, 0.5) is 14.5 Å². The molecule has 2 rings (SSSR count). The normalized spacial score (nSPS) is 10.5. The summed E-state index contributed by atoms with van der Waals surface area (Å²) in [5, 5.41) is 11.7. The van der Waals surface area contributed by atoms with Crippen molar-refractivity contribution in [2.75, 3.05) is 12.4 Å². The highest BCUT2D eigenvalue weighted by Gasteiger charge is 2.16. The molecule has 2 aromatic rings. The van der Waals surface area contributed by atoms with Gasteiger partial charge in [0.25, 0.3) is 5.56 Å². The van der Waals surface area contributed by atoms with Crippen LogP contribution in [-0.4, -0.2) is 24.2 Å². The number of para-hydroxylation sites is 2. The fourth-order valence-electron chi connectivity index (χ4n) is 2.52. The van der Waals surface area contributed by atoms with E-state index in [4.69, 9.17) is 4.74 Å². The third-order valence-electron chi connectivity index (χ3n) is 3.68. The Bertz CT molecular complexity index is 935. The van der Waals surface area contributed by atoms with E-state index in [1.54, 1.807) is 19.1 Å². The molecule has 0 aliphatic carbocycles. The molecule has 1 N–H and O–H groups in total. The number of pyridine rings is 1. The molecule has 7 nitrogen and oxygen atoms in total. The number of nitrogens with zero attached hydrogens (tertiary/aromatic N) is 2. The molecule has 142 valence electrons. The SMILES string of the molecule is COCc1cc(C)n(CC(=O)Nc2ccccc2OC(F)F)c(=O)c1C#N. The van der Waals surface area contributed by atoms with Gasteiger partial charge in [0.05, 0.1) is 12.3 Å². The average Bonchev–Trinajstić information content (AvgIpc) is 2.60. The van der Waals surface area contributed by atoms with Gasteiger partial charge in [0, 0.05) is 18.4 Å². The number of hydrogen-bond donors (Lipinski definition) is 1. The van der Waals surface area contributed by atoms with E-state index in [1.807, 2.05) is 6.07 Å². The Balaban J connectivity index is 2.27. The fourth-order valence-corrected chi connectivity index (χ4v) is 2.52. The molecule has 27 heavy (non-hydrogen) atoms. The zero-order valence-corrected chi connectivity index (χ0v) is 14.7. The third-order valence-corrected chi connectivity index (χ3v) is 3.68. The molecule has 1 aromatic heterocycles. The van der Waals surface area contributed by atoms with Crippen molar-refractivity contribution in [3.05, 3.63) is 57.5 Å². The van der Waals surface area contributed by atoms with E-state index in [1.165, 1.54) is 25.3 Å². The van der Waals surface area contributed by atoms with Gasteiger partial charge >= 0.3 is 6.61 Å². The Labute approximate surface area is 153 Å². The first kappa shape index (κ1) is 20.1. The summed E-state index contributed by atoms with van der Waals surface area (Å²) >= 11 is 0. The van der Waals surface area contributed by atoms with Crippen molar-refractivity contribution in [1.82, 2.24) is 4.57 Å². The first-order valence-electron chi connectivity index (χ1n) is 7.83. The van der Waals surface area contributed by atoms with Crippen LogP contribution in [0.1, 0.15) is 16.8 Å². The van der Waals surface area contributed by atoms with Gasteiger partial charge in [-0.1, -0.05) is 12.1 Å². The number of carbonyl (C=O) groups is 1. The number of ether oxygens (including phenoxy) is 2. The number of carbonyl (C=O) groups excluding carboxylic acids is 1. The van der Waals surface area contributed by atoms with Gasteiger partial charge in [-0.2, -0.15) is 14.0 Å². The van der Waals surface area contributed by atoms with E-state index in [9.17, 15) is 23.6 Å². The van der Waals surface area contributed by atoms with Crippen molar-refractivity contribution in [3.8, 4) is 11.8 Å². The van der Waals surface area contributed by atoms with Crippen molar-refractivity contribution in [1.29, 1.82) is 5.26 Å². The van der Waals surface area contributed by atoms with Crippen LogP contribution in [0.25, 0.3) is 0 Å². The summed E-state index contributed by atoms with van der Waals surface area (Å²) in [5.74, 6) is -0.827. The van der Waals surface area contributed by atoms with E-state index in [-0.39, 0.29) is 23.6 Å². The zero-order chi connectivity index (χ0) is 20.0. The molecule has 0 unspecified atom stereocenters. The number of anilines is 1. The smallest absolute Gasteiger partial charge is 0.387 e. The first-order valence-corrected chi connectivity index (χ1v) is 7.83. The van der Waals surface area contributed by atoms with Gasteiger partial charge in [-0.15, -0.1) is 0 Å². The number of halogens is 2. The van der Waals surface area contributed by atoms with E-state index >= 15 is 0 Å². The molecule has 0 fully saturated rings. The minimum Gasteiger partial charge on any atom is -0.433 e. The number of alkyl halides is 2. The number of nitriles is 1. The maximum absolute atomic E-state index is 12.5. The third kappa shape index (κ3) is 4.89. The summed E-state index contributed by atoms with van der Waals surface area (Å²) in [5.41, 5.74) is 0.187. The van der Waals surface area contributed by atoms with Crippen LogP contribution in [0, 0.1) is 18.3 Å². The zero-order valence-electron chi connectivity index (χ0n) is 14.7. The molecule has 0 atom stereocenters. The predicted molar refractivity (Wildman–Crippen MR) is 92.6 cm³/mol. The highest BCUT2D eigenvalue weighted by atomic mass is 19.3. The fraction of sp³-hybridized carbons (Fsp3) is 0.278. The summed E-state index contributed by atoms with van der Waals surface area (Å²) in [6.45, 7) is -1.73. The molecule has 1 aromatic carbocycles. The average molecular weight is 377 g/mol. The number of aromatic nitrogens is 1. The molecule has 0 radical (unpaired) electrons. The molecule has 0 saturated carbocycles. The van der Waals surface area contributed by atoms with Gasteiger partial charge in [-0.05, 0) is 25.1 Å². The summed E-state index contributed by atoms with van der Waals surface area (Å²) in [6.07, 6.45) is 0. The molecule has 1 amide bonds. The molecule has 0 spiro atoms. The second-order valence-electron chi connectivity index (χ2n) is 5.54. The van der Waals surface area contributed by atoms with Gasteiger partial charge in [-0.3, -0.25) is 9.59 Å². The second kappa shape index (κ2) is 8.91. The number of amides is 1. The van der Waals surface area contributed by atoms with Crippen molar-refractivity contribution >= 4 is 11.6 Å². The Morgan fingerprint density at radius 3 is 2.70 bits per heavy atom. The van der Waals surface area contributed by atoms with Crippen LogP contribution in [0.15, 0.2) is 35.1 Å². The Hall–Kier alpha value is -3.25. The first-order chi connectivity index (χ1) is 12.9. The van der Waals surface area contributed by atoms with Crippen LogP contribution in [-0.2, 0) is 22.7 Å². The molecular weight excluding hydrogens is 360 g/mol. The van der Waals surface area contributed by atoms with Crippen molar-refractivity contribution < 1.29 is 23.0 Å². The monoisotopic (exact) mass is 377 g/mol. The lowest BCUT2D eigenvalue weighted by atomic mass is 10.1. The molecular formula is C18H17F2N3O4. The number of methoxy groups -OCH3 is 1. The quantitative estimate of drug-likeness (QED) is 0.800.